The molecule has 1 heterocycles. The van der Waals surface area contributed by atoms with Crippen LogP contribution in [0.25, 0.3) is 10.9 Å². The molecule has 0 fully saturated rings. The lowest BCUT2D eigenvalue weighted by molar-refractivity contribution is -0.141. The minimum absolute atomic E-state index is 0.360. The molecule has 0 amide bonds. The molecule has 4 nitrogen and oxygen atoms in total. The first-order valence-corrected chi connectivity index (χ1v) is 7.16. The molecule has 19 heavy (non-hydrogen) atoms. The molecule has 0 aliphatic rings. The lowest BCUT2D eigenvalue weighted by atomic mass is 9.97. The minimum Gasteiger partial charge on any atom is -0.481 e. The second-order valence-electron chi connectivity index (χ2n) is 5.07. The van der Waals surface area contributed by atoms with E-state index in [9.17, 15) is 9.90 Å². The van der Waals surface area contributed by atoms with Crippen LogP contribution in [-0.4, -0.2) is 22.0 Å². The van der Waals surface area contributed by atoms with E-state index in [0.717, 1.165) is 15.9 Å². The molecule has 0 aliphatic heterocycles. The standard InChI is InChI=1S/C14H18N2O2S/c1-9(2)7-10(14(17)18)8-15-13-11-5-3-4-6-12(11)16-19-13/h3-6,9-10,15H,7-8H2,1-2H3,(H,17,18). The van der Waals surface area contributed by atoms with Crippen molar-refractivity contribution < 1.29 is 9.90 Å². The quantitative estimate of drug-likeness (QED) is 0.849. The summed E-state index contributed by atoms with van der Waals surface area (Å²) >= 11 is 1.38. The molecule has 0 bridgehead atoms. The molecule has 0 radical (unpaired) electrons. The Kier molecular flexibility index (Phi) is 4.37. The number of carboxylic acids is 1. The predicted octanol–water partition coefficient (Wildman–Crippen LogP) is 3.46. The number of rotatable bonds is 6. The molecular weight excluding hydrogens is 260 g/mol. The van der Waals surface area contributed by atoms with E-state index in [2.05, 4.69) is 9.69 Å². The van der Waals surface area contributed by atoms with Gasteiger partial charge in [-0.2, -0.15) is 4.37 Å². The predicted molar refractivity (Wildman–Crippen MR) is 78.7 cm³/mol. The molecule has 1 atom stereocenters. The summed E-state index contributed by atoms with van der Waals surface area (Å²) in [6.45, 7) is 4.52. The van der Waals surface area contributed by atoms with Crippen LogP contribution in [0.15, 0.2) is 24.3 Å². The van der Waals surface area contributed by atoms with E-state index >= 15 is 0 Å². The number of hydrogen-bond acceptors (Lipinski definition) is 4. The summed E-state index contributed by atoms with van der Waals surface area (Å²) in [6, 6.07) is 7.87. The van der Waals surface area contributed by atoms with E-state index in [0.29, 0.717) is 18.9 Å². The highest BCUT2D eigenvalue weighted by molar-refractivity contribution is 7.11. The van der Waals surface area contributed by atoms with Crippen molar-refractivity contribution in [3.05, 3.63) is 24.3 Å². The molecule has 0 spiro atoms. The van der Waals surface area contributed by atoms with Gasteiger partial charge in [-0.25, -0.2) is 0 Å². The molecule has 1 unspecified atom stereocenters. The summed E-state index contributed by atoms with van der Waals surface area (Å²) in [5.74, 6) is -0.725. The van der Waals surface area contributed by atoms with Crippen molar-refractivity contribution in [3.8, 4) is 0 Å². The second kappa shape index (κ2) is 6.02. The third-order valence-electron chi connectivity index (χ3n) is 3.00. The van der Waals surface area contributed by atoms with Crippen LogP contribution in [0.2, 0.25) is 0 Å². The Morgan fingerprint density at radius 2 is 2.16 bits per heavy atom. The van der Waals surface area contributed by atoms with Crippen LogP contribution in [0.3, 0.4) is 0 Å². The van der Waals surface area contributed by atoms with Gasteiger partial charge < -0.3 is 10.4 Å². The molecule has 1 aromatic carbocycles. The maximum Gasteiger partial charge on any atom is 0.308 e. The average molecular weight is 278 g/mol. The summed E-state index contributed by atoms with van der Waals surface area (Å²) in [5.41, 5.74) is 0.950. The highest BCUT2D eigenvalue weighted by atomic mass is 32.1. The van der Waals surface area contributed by atoms with E-state index in [4.69, 9.17) is 0 Å². The molecule has 0 saturated carbocycles. The van der Waals surface area contributed by atoms with Gasteiger partial charge in [0.15, 0.2) is 0 Å². The van der Waals surface area contributed by atoms with Crippen molar-refractivity contribution in [3.63, 3.8) is 0 Å². The molecule has 1 aromatic heterocycles. The maximum absolute atomic E-state index is 11.2. The number of fused-ring (bicyclic) bond motifs is 1. The number of nitrogens with zero attached hydrogens (tertiary/aromatic N) is 1. The topological polar surface area (TPSA) is 62.2 Å². The molecule has 5 heteroatoms. The van der Waals surface area contributed by atoms with Crippen LogP contribution in [0.1, 0.15) is 20.3 Å². The van der Waals surface area contributed by atoms with Gasteiger partial charge >= 0.3 is 5.97 Å². The van der Waals surface area contributed by atoms with Crippen molar-refractivity contribution in [1.29, 1.82) is 0 Å². The van der Waals surface area contributed by atoms with Gasteiger partial charge in [-0.05, 0) is 36.0 Å². The lowest BCUT2D eigenvalue weighted by Crippen LogP contribution is -2.24. The van der Waals surface area contributed by atoms with E-state index in [1.165, 1.54) is 11.5 Å². The Bertz CT molecular complexity index is 565. The number of carbonyl (C=O) groups is 1. The fraction of sp³-hybridized carbons (Fsp3) is 0.429. The number of aromatic nitrogens is 1. The number of anilines is 1. The highest BCUT2D eigenvalue weighted by Crippen LogP contribution is 2.27. The number of nitrogens with one attached hydrogen (secondary N) is 1. The van der Waals surface area contributed by atoms with Crippen molar-refractivity contribution in [2.24, 2.45) is 11.8 Å². The van der Waals surface area contributed by atoms with Crippen molar-refractivity contribution in [2.75, 3.05) is 11.9 Å². The summed E-state index contributed by atoms with van der Waals surface area (Å²) < 4.78 is 4.33. The number of carboxylic acid groups (broad SMARTS) is 1. The van der Waals surface area contributed by atoms with Crippen molar-refractivity contribution in [1.82, 2.24) is 4.37 Å². The molecular formula is C14H18N2O2S. The second-order valence-corrected chi connectivity index (χ2v) is 5.85. The summed E-state index contributed by atoms with van der Waals surface area (Å²) in [4.78, 5) is 11.2. The third-order valence-corrected chi connectivity index (χ3v) is 3.83. The van der Waals surface area contributed by atoms with Gasteiger partial charge in [0.25, 0.3) is 0 Å². The van der Waals surface area contributed by atoms with Crippen molar-refractivity contribution in [2.45, 2.75) is 20.3 Å². The van der Waals surface area contributed by atoms with E-state index in [-0.39, 0.29) is 5.92 Å². The highest BCUT2D eigenvalue weighted by Gasteiger charge is 2.19. The Labute approximate surface area is 116 Å². The van der Waals surface area contributed by atoms with Gasteiger partial charge in [0, 0.05) is 11.9 Å². The summed E-state index contributed by atoms with van der Waals surface area (Å²) in [7, 11) is 0. The van der Waals surface area contributed by atoms with E-state index in [1.54, 1.807) is 0 Å². The number of aliphatic carboxylic acids is 1. The third kappa shape index (κ3) is 3.44. The van der Waals surface area contributed by atoms with Gasteiger partial charge in [-0.15, -0.1) is 0 Å². The Balaban J connectivity index is 2.06. The zero-order chi connectivity index (χ0) is 13.8. The largest absolute Gasteiger partial charge is 0.481 e. The van der Waals surface area contributed by atoms with Gasteiger partial charge in [0.1, 0.15) is 5.00 Å². The first kappa shape index (κ1) is 13.8. The Morgan fingerprint density at radius 1 is 1.42 bits per heavy atom. The molecule has 2 aromatic rings. The number of benzene rings is 1. The van der Waals surface area contributed by atoms with E-state index in [1.807, 2.05) is 38.1 Å². The van der Waals surface area contributed by atoms with Gasteiger partial charge in [-0.1, -0.05) is 26.0 Å². The van der Waals surface area contributed by atoms with E-state index < -0.39 is 5.97 Å². The van der Waals surface area contributed by atoms with Gasteiger partial charge in [0.2, 0.25) is 0 Å². The molecule has 2 N–H and O–H groups in total. The number of hydrogen-bond donors (Lipinski definition) is 2. The normalized spacial score (nSPS) is 12.8. The van der Waals surface area contributed by atoms with Crippen LogP contribution in [-0.2, 0) is 4.79 Å². The van der Waals surface area contributed by atoms with Gasteiger partial charge in [0.05, 0.1) is 11.4 Å². The van der Waals surface area contributed by atoms with Crippen molar-refractivity contribution >= 4 is 33.4 Å². The first-order valence-electron chi connectivity index (χ1n) is 6.39. The molecule has 2 rings (SSSR count). The monoisotopic (exact) mass is 278 g/mol. The zero-order valence-corrected chi connectivity index (χ0v) is 11.9. The SMILES string of the molecule is CC(C)CC(CNc1snc2ccccc12)C(=O)O. The smallest absolute Gasteiger partial charge is 0.308 e. The van der Waals surface area contributed by atoms with Crippen LogP contribution >= 0.6 is 11.5 Å². The fourth-order valence-electron chi connectivity index (χ4n) is 2.07. The summed E-state index contributed by atoms with van der Waals surface area (Å²) in [6.07, 6.45) is 0.680. The van der Waals surface area contributed by atoms with Crippen LogP contribution in [0.5, 0.6) is 0 Å². The van der Waals surface area contributed by atoms with Crippen LogP contribution in [0, 0.1) is 11.8 Å². The maximum atomic E-state index is 11.2. The molecule has 0 aliphatic carbocycles. The lowest BCUT2D eigenvalue weighted by Gasteiger charge is -2.15. The van der Waals surface area contributed by atoms with Gasteiger partial charge in [-0.3, -0.25) is 4.79 Å². The Hall–Kier alpha value is -1.62. The summed E-state index contributed by atoms with van der Waals surface area (Å²) in [5, 5.41) is 14.4. The first-order chi connectivity index (χ1) is 9.08. The zero-order valence-electron chi connectivity index (χ0n) is 11.1. The van der Waals surface area contributed by atoms with Crippen LogP contribution < -0.4 is 5.32 Å². The van der Waals surface area contributed by atoms with Crippen LogP contribution in [0.4, 0.5) is 5.00 Å². The Morgan fingerprint density at radius 3 is 2.84 bits per heavy atom. The molecule has 0 saturated heterocycles. The molecule has 102 valence electrons. The minimum atomic E-state index is -0.741. The average Bonchev–Trinajstić information content (AvgIpc) is 2.77. The fourth-order valence-corrected chi connectivity index (χ4v) is 2.84.